The van der Waals surface area contributed by atoms with Crippen LogP contribution in [-0.4, -0.2) is 32.8 Å². The number of carbonyl (C=O) groups excluding carboxylic acids is 1. The molecule has 2 aromatic heterocycles. The smallest absolute Gasteiger partial charge is 0.262 e. The molecule has 0 atom stereocenters. The van der Waals surface area contributed by atoms with E-state index in [0.717, 1.165) is 5.56 Å². The molecule has 0 aliphatic heterocycles. The Labute approximate surface area is 142 Å². The van der Waals surface area contributed by atoms with Crippen molar-refractivity contribution in [3.63, 3.8) is 0 Å². The van der Waals surface area contributed by atoms with Gasteiger partial charge in [0.25, 0.3) is 5.91 Å². The van der Waals surface area contributed by atoms with Gasteiger partial charge in [0.15, 0.2) is 0 Å². The van der Waals surface area contributed by atoms with Crippen LogP contribution in [0.5, 0.6) is 11.6 Å². The summed E-state index contributed by atoms with van der Waals surface area (Å²) in [6, 6.07) is 9.97. The molecule has 0 aliphatic rings. The number of benzene rings is 1. The van der Waals surface area contributed by atoms with Gasteiger partial charge in [0.05, 0.1) is 6.61 Å². The molecule has 0 aliphatic carbocycles. The summed E-state index contributed by atoms with van der Waals surface area (Å²) in [4.78, 5) is 16.4. The maximum Gasteiger partial charge on any atom is 0.262 e. The lowest BCUT2D eigenvalue weighted by Gasteiger charge is -2.07. The Balaban J connectivity index is 1.79. The average Bonchev–Trinajstić information content (AvgIpc) is 3.04. The number of phenols is 1. The van der Waals surface area contributed by atoms with Crippen molar-refractivity contribution in [2.45, 2.75) is 6.92 Å². The van der Waals surface area contributed by atoms with Crippen molar-refractivity contribution in [1.82, 2.24) is 15.2 Å². The van der Waals surface area contributed by atoms with E-state index < -0.39 is 0 Å². The first-order valence-electron chi connectivity index (χ1n) is 7.19. The fraction of sp³-hybridized carbons (Fsp3) is 0.125. The second kappa shape index (κ2) is 7.05. The summed E-state index contributed by atoms with van der Waals surface area (Å²) < 4.78 is 5.35. The summed E-state index contributed by atoms with van der Waals surface area (Å²) in [5.41, 5.74) is 1.05. The van der Waals surface area contributed by atoms with Gasteiger partial charge in [0, 0.05) is 11.8 Å². The Morgan fingerprint density at radius 1 is 1.29 bits per heavy atom. The Bertz CT molecular complexity index is 866. The number of carbonyl (C=O) groups is 1. The second-order valence-corrected chi connectivity index (χ2v) is 5.68. The van der Waals surface area contributed by atoms with E-state index >= 15 is 0 Å². The average molecular weight is 342 g/mol. The summed E-state index contributed by atoms with van der Waals surface area (Å²) in [7, 11) is 0. The minimum absolute atomic E-state index is 0.144. The molecule has 0 unspecified atom stereocenters. The topological polar surface area (TPSA) is 97.2 Å². The zero-order chi connectivity index (χ0) is 16.9. The molecular formula is C16H14N4O3S. The number of nitrogens with one attached hydrogen (secondary N) is 1. The number of anilines is 1. The molecule has 0 fully saturated rings. The minimum Gasteiger partial charge on any atom is -0.508 e. The quantitative estimate of drug-likeness (QED) is 0.740. The van der Waals surface area contributed by atoms with Crippen molar-refractivity contribution in [2.24, 2.45) is 0 Å². The number of hydrogen-bond donors (Lipinski definition) is 2. The highest BCUT2D eigenvalue weighted by atomic mass is 32.1. The van der Waals surface area contributed by atoms with Crippen molar-refractivity contribution in [1.29, 1.82) is 0 Å². The third-order valence-electron chi connectivity index (χ3n) is 3.04. The molecule has 1 aromatic carbocycles. The number of aromatic nitrogens is 3. The summed E-state index contributed by atoms with van der Waals surface area (Å²) in [6.45, 7) is 2.24. The van der Waals surface area contributed by atoms with Crippen molar-refractivity contribution in [3.8, 4) is 22.2 Å². The normalized spacial score (nSPS) is 10.4. The molecular weight excluding hydrogens is 328 g/mol. The van der Waals surface area contributed by atoms with Gasteiger partial charge in [-0.05, 0) is 31.2 Å². The number of phenolic OH excluding ortho intramolecular Hbond substituents is 1. The summed E-state index contributed by atoms with van der Waals surface area (Å²) in [5.74, 6) is 0.0466. The third kappa shape index (κ3) is 3.49. The molecule has 3 rings (SSSR count). The van der Waals surface area contributed by atoms with Crippen molar-refractivity contribution in [3.05, 3.63) is 48.2 Å². The highest BCUT2D eigenvalue weighted by molar-refractivity contribution is 7.18. The zero-order valence-corrected chi connectivity index (χ0v) is 13.6. The van der Waals surface area contributed by atoms with Gasteiger partial charge in [0.1, 0.15) is 16.3 Å². The third-order valence-corrected chi connectivity index (χ3v) is 3.92. The van der Waals surface area contributed by atoms with Crippen LogP contribution in [0, 0.1) is 0 Å². The highest BCUT2D eigenvalue weighted by Gasteiger charge is 2.16. The summed E-state index contributed by atoms with van der Waals surface area (Å²) in [5, 5.41) is 21.1. The lowest BCUT2D eigenvalue weighted by molar-refractivity contribution is 0.102. The van der Waals surface area contributed by atoms with E-state index in [2.05, 4.69) is 20.5 Å². The Morgan fingerprint density at radius 3 is 2.96 bits per heavy atom. The molecule has 122 valence electrons. The lowest BCUT2D eigenvalue weighted by atomic mass is 10.2. The van der Waals surface area contributed by atoms with Crippen molar-refractivity contribution >= 4 is 22.4 Å². The lowest BCUT2D eigenvalue weighted by Crippen LogP contribution is -2.14. The van der Waals surface area contributed by atoms with Gasteiger partial charge >= 0.3 is 0 Å². The largest absolute Gasteiger partial charge is 0.508 e. The van der Waals surface area contributed by atoms with Crippen LogP contribution in [-0.2, 0) is 0 Å². The molecule has 2 N–H and O–H groups in total. The molecule has 7 nitrogen and oxygen atoms in total. The van der Waals surface area contributed by atoms with Crippen LogP contribution in [0.1, 0.15) is 17.3 Å². The molecule has 1 amide bonds. The van der Waals surface area contributed by atoms with Crippen LogP contribution in [0.4, 0.5) is 5.13 Å². The number of aromatic hydroxyl groups is 1. The number of nitrogens with zero attached hydrogens (tertiary/aromatic N) is 3. The van der Waals surface area contributed by atoms with Gasteiger partial charge < -0.3 is 9.84 Å². The number of ether oxygens (including phenoxy) is 1. The fourth-order valence-corrected chi connectivity index (χ4v) is 2.74. The van der Waals surface area contributed by atoms with E-state index in [1.165, 1.54) is 11.3 Å². The maximum absolute atomic E-state index is 12.4. The predicted octanol–water partition coefficient (Wildman–Crippen LogP) is 2.96. The maximum atomic E-state index is 12.4. The second-order valence-electron chi connectivity index (χ2n) is 4.71. The van der Waals surface area contributed by atoms with Crippen LogP contribution in [0.15, 0.2) is 42.6 Å². The van der Waals surface area contributed by atoms with Gasteiger partial charge in [-0.25, -0.2) is 4.98 Å². The molecule has 2 heterocycles. The number of amides is 1. The monoisotopic (exact) mass is 342 g/mol. The van der Waals surface area contributed by atoms with Crippen LogP contribution in [0.2, 0.25) is 0 Å². The standard InChI is InChI=1S/C16H14N4O3S/c1-2-23-14-12(7-4-8-17-14)13(22)18-16-20-19-15(24-16)10-5-3-6-11(21)9-10/h3-9,21H,2H2,1H3,(H,18,20,22). The first-order valence-corrected chi connectivity index (χ1v) is 8.01. The van der Waals surface area contributed by atoms with Gasteiger partial charge in [-0.15, -0.1) is 10.2 Å². The van der Waals surface area contributed by atoms with E-state index in [-0.39, 0.29) is 17.5 Å². The molecule has 0 bridgehead atoms. The fourth-order valence-electron chi connectivity index (χ4n) is 2.01. The SMILES string of the molecule is CCOc1ncccc1C(=O)Nc1nnc(-c2cccc(O)c2)s1. The van der Waals surface area contributed by atoms with Gasteiger partial charge in [-0.3, -0.25) is 10.1 Å². The zero-order valence-electron chi connectivity index (χ0n) is 12.8. The molecule has 3 aromatic rings. The number of rotatable bonds is 5. The van der Waals surface area contributed by atoms with E-state index in [1.807, 2.05) is 6.92 Å². The molecule has 0 saturated heterocycles. The van der Waals surface area contributed by atoms with Gasteiger partial charge in [-0.2, -0.15) is 0 Å². The van der Waals surface area contributed by atoms with E-state index in [1.54, 1.807) is 42.6 Å². The van der Waals surface area contributed by atoms with Crippen LogP contribution < -0.4 is 10.1 Å². The highest BCUT2D eigenvalue weighted by Crippen LogP contribution is 2.29. The first-order chi connectivity index (χ1) is 11.7. The van der Waals surface area contributed by atoms with E-state index in [0.29, 0.717) is 22.3 Å². The van der Waals surface area contributed by atoms with Crippen molar-refractivity contribution in [2.75, 3.05) is 11.9 Å². The van der Waals surface area contributed by atoms with Crippen molar-refractivity contribution < 1.29 is 14.6 Å². The Kier molecular flexibility index (Phi) is 4.66. The van der Waals surface area contributed by atoms with Gasteiger partial charge in [0.2, 0.25) is 11.0 Å². The summed E-state index contributed by atoms with van der Waals surface area (Å²) in [6.07, 6.45) is 1.56. The first kappa shape index (κ1) is 15.9. The number of pyridine rings is 1. The van der Waals surface area contributed by atoms with E-state index in [4.69, 9.17) is 4.74 Å². The predicted molar refractivity (Wildman–Crippen MR) is 90.4 cm³/mol. The molecule has 24 heavy (non-hydrogen) atoms. The Hall–Kier alpha value is -3.00. The Morgan fingerprint density at radius 2 is 2.17 bits per heavy atom. The van der Waals surface area contributed by atoms with Crippen LogP contribution in [0.25, 0.3) is 10.6 Å². The molecule has 8 heteroatoms. The number of hydrogen-bond acceptors (Lipinski definition) is 7. The minimum atomic E-state index is -0.370. The van der Waals surface area contributed by atoms with Crippen LogP contribution >= 0.6 is 11.3 Å². The van der Waals surface area contributed by atoms with Gasteiger partial charge in [-0.1, -0.05) is 23.5 Å². The molecule has 0 saturated carbocycles. The van der Waals surface area contributed by atoms with E-state index in [9.17, 15) is 9.90 Å². The summed E-state index contributed by atoms with van der Waals surface area (Å²) >= 11 is 1.21. The molecule has 0 spiro atoms. The molecule has 0 radical (unpaired) electrons. The van der Waals surface area contributed by atoms with Crippen LogP contribution in [0.3, 0.4) is 0 Å².